The number of ether oxygens (including phenoxy) is 1. The molecule has 1 aromatic rings. The minimum absolute atomic E-state index is 0.261. The van der Waals surface area contributed by atoms with Crippen LogP contribution < -0.4 is 5.32 Å². The van der Waals surface area contributed by atoms with Crippen molar-refractivity contribution < 1.29 is 13.9 Å². The molecular weight excluding hydrogens is 209 g/mol. The molecule has 16 heavy (non-hydrogen) atoms. The van der Waals surface area contributed by atoms with Crippen LogP contribution in [-0.2, 0) is 16.0 Å². The van der Waals surface area contributed by atoms with Crippen molar-refractivity contribution in [1.82, 2.24) is 5.32 Å². The van der Waals surface area contributed by atoms with E-state index in [0.717, 1.165) is 17.5 Å². The van der Waals surface area contributed by atoms with E-state index >= 15 is 0 Å². The summed E-state index contributed by atoms with van der Waals surface area (Å²) in [5.41, 5.74) is 1.71. The van der Waals surface area contributed by atoms with Gasteiger partial charge in [0, 0.05) is 6.54 Å². The Bertz CT molecular complexity index is 406. The summed E-state index contributed by atoms with van der Waals surface area (Å²) in [6.45, 7) is 2.79. The summed E-state index contributed by atoms with van der Waals surface area (Å²) in [5, 5.41) is 3.08. The molecule has 1 aliphatic heterocycles. The molecule has 4 heteroatoms. The standard InChI is InChI=1S/C12H14FNO2/c1-2-16-12(15)11-10-4-3-9(13)7-8(10)5-6-14-11/h3-4,7,11,14H,2,5-6H2,1H3. The minimum atomic E-state index is -0.454. The van der Waals surface area contributed by atoms with Crippen LogP contribution in [0.15, 0.2) is 18.2 Å². The monoisotopic (exact) mass is 223 g/mol. The van der Waals surface area contributed by atoms with Crippen LogP contribution in [0.25, 0.3) is 0 Å². The predicted octanol–water partition coefficient (Wildman–Crippen LogP) is 1.58. The van der Waals surface area contributed by atoms with Crippen LogP contribution in [0.1, 0.15) is 24.1 Å². The van der Waals surface area contributed by atoms with Crippen molar-refractivity contribution in [2.75, 3.05) is 13.2 Å². The van der Waals surface area contributed by atoms with Gasteiger partial charge in [-0.1, -0.05) is 6.07 Å². The summed E-state index contributed by atoms with van der Waals surface area (Å²) in [5.74, 6) is -0.557. The molecule has 1 aromatic carbocycles. The normalized spacial score (nSPS) is 19.0. The Labute approximate surface area is 93.6 Å². The molecule has 0 fully saturated rings. The van der Waals surface area contributed by atoms with E-state index < -0.39 is 6.04 Å². The molecule has 0 saturated heterocycles. The van der Waals surface area contributed by atoms with Crippen molar-refractivity contribution in [3.63, 3.8) is 0 Å². The molecule has 86 valence electrons. The fourth-order valence-corrected chi connectivity index (χ4v) is 1.97. The summed E-state index contributed by atoms with van der Waals surface area (Å²) in [6, 6.07) is 4.06. The van der Waals surface area contributed by atoms with Gasteiger partial charge in [-0.3, -0.25) is 0 Å². The van der Waals surface area contributed by atoms with Crippen LogP contribution in [-0.4, -0.2) is 19.1 Å². The van der Waals surface area contributed by atoms with Crippen molar-refractivity contribution in [3.05, 3.63) is 35.1 Å². The fraction of sp³-hybridized carbons (Fsp3) is 0.417. The van der Waals surface area contributed by atoms with Gasteiger partial charge in [0.1, 0.15) is 11.9 Å². The lowest BCUT2D eigenvalue weighted by molar-refractivity contribution is -0.146. The molecule has 0 bridgehead atoms. The second-order valence-corrected chi connectivity index (χ2v) is 3.73. The lowest BCUT2D eigenvalue weighted by atomic mass is 9.94. The van der Waals surface area contributed by atoms with Crippen LogP contribution in [0, 0.1) is 5.82 Å². The van der Waals surface area contributed by atoms with E-state index in [-0.39, 0.29) is 11.8 Å². The second kappa shape index (κ2) is 4.61. The van der Waals surface area contributed by atoms with Crippen LogP contribution >= 0.6 is 0 Å². The first-order valence-corrected chi connectivity index (χ1v) is 5.40. The third kappa shape index (κ3) is 2.07. The molecule has 2 rings (SSSR count). The molecule has 3 nitrogen and oxygen atoms in total. The Hall–Kier alpha value is -1.42. The zero-order chi connectivity index (χ0) is 11.5. The number of esters is 1. The van der Waals surface area contributed by atoms with Gasteiger partial charge in [0.25, 0.3) is 0 Å². The van der Waals surface area contributed by atoms with Gasteiger partial charge in [-0.05, 0) is 36.6 Å². The van der Waals surface area contributed by atoms with E-state index in [1.165, 1.54) is 12.1 Å². The van der Waals surface area contributed by atoms with Gasteiger partial charge in [-0.2, -0.15) is 0 Å². The van der Waals surface area contributed by atoms with Crippen LogP contribution in [0.5, 0.6) is 0 Å². The second-order valence-electron chi connectivity index (χ2n) is 3.73. The van der Waals surface area contributed by atoms with Crippen LogP contribution in [0.3, 0.4) is 0 Å². The van der Waals surface area contributed by atoms with Gasteiger partial charge >= 0.3 is 5.97 Å². The molecule has 0 radical (unpaired) electrons. The molecule has 1 atom stereocenters. The van der Waals surface area contributed by atoms with E-state index in [1.54, 1.807) is 13.0 Å². The van der Waals surface area contributed by atoms with E-state index in [0.29, 0.717) is 13.2 Å². The van der Waals surface area contributed by atoms with Crippen molar-refractivity contribution in [1.29, 1.82) is 0 Å². The number of benzene rings is 1. The maximum atomic E-state index is 13.0. The van der Waals surface area contributed by atoms with Gasteiger partial charge in [0.15, 0.2) is 0 Å². The van der Waals surface area contributed by atoms with Crippen LogP contribution in [0.4, 0.5) is 4.39 Å². The molecule has 1 heterocycles. The highest BCUT2D eigenvalue weighted by atomic mass is 19.1. The van der Waals surface area contributed by atoms with Gasteiger partial charge in [0.2, 0.25) is 0 Å². The first-order valence-electron chi connectivity index (χ1n) is 5.40. The first-order chi connectivity index (χ1) is 7.72. The third-order valence-corrected chi connectivity index (χ3v) is 2.68. The molecule has 0 amide bonds. The number of carbonyl (C=O) groups excluding carboxylic acids is 1. The maximum Gasteiger partial charge on any atom is 0.327 e. The molecule has 0 aromatic heterocycles. The van der Waals surface area contributed by atoms with Crippen molar-refractivity contribution in [3.8, 4) is 0 Å². The Balaban J connectivity index is 2.29. The maximum absolute atomic E-state index is 13.0. The summed E-state index contributed by atoms with van der Waals surface area (Å²) in [6.07, 6.45) is 0.739. The molecule has 1 unspecified atom stereocenters. The van der Waals surface area contributed by atoms with Gasteiger partial charge in [-0.25, -0.2) is 9.18 Å². The molecule has 0 aliphatic carbocycles. The Morgan fingerprint density at radius 1 is 1.62 bits per heavy atom. The molecular formula is C12H14FNO2. The minimum Gasteiger partial charge on any atom is -0.465 e. The third-order valence-electron chi connectivity index (χ3n) is 2.68. The SMILES string of the molecule is CCOC(=O)C1NCCc2cc(F)ccc21. The highest BCUT2D eigenvalue weighted by molar-refractivity contribution is 5.78. The summed E-state index contributed by atoms with van der Waals surface area (Å²) in [4.78, 5) is 11.7. The lowest BCUT2D eigenvalue weighted by Gasteiger charge is -2.25. The highest BCUT2D eigenvalue weighted by Gasteiger charge is 2.27. The Morgan fingerprint density at radius 2 is 2.44 bits per heavy atom. The van der Waals surface area contributed by atoms with Crippen molar-refractivity contribution in [2.45, 2.75) is 19.4 Å². The molecule has 0 saturated carbocycles. The molecule has 1 N–H and O–H groups in total. The smallest absolute Gasteiger partial charge is 0.327 e. The first kappa shape index (κ1) is 11.1. The molecule has 0 spiro atoms. The topological polar surface area (TPSA) is 38.3 Å². The number of nitrogens with one attached hydrogen (secondary N) is 1. The number of hydrogen-bond acceptors (Lipinski definition) is 3. The van der Waals surface area contributed by atoms with Gasteiger partial charge in [-0.15, -0.1) is 0 Å². The summed E-state index contributed by atoms with van der Waals surface area (Å²) < 4.78 is 18.0. The fourth-order valence-electron chi connectivity index (χ4n) is 1.97. The number of fused-ring (bicyclic) bond motifs is 1. The Kier molecular flexibility index (Phi) is 3.19. The highest BCUT2D eigenvalue weighted by Crippen LogP contribution is 2.24. The van der Waals surface area contributed by atoms with Gasteiger partial charge in [0.05, 0.1) is 6.61 Å². The van der Waals surface area contributed by atoms with E-state index in [1.807, 2.05) is 0 Å². The number of hydrogen-bond donors (Lipinski definition) is 1. The largest absolute Gasteiger partial charge is 0.465 e. The number of halogens is 1. The lowest BCUT2D eigenvalue weighted by Crippen LogP contribution is -2.36. The van der Waals surface area contributed by atoms with Gasteiger partial charge < -0.3 is 10.1 Å². The average molecular weight is 223 g/mol. The van der Waals surface area contributed by atoms with Crippen LogP contribution in [0.2, 0.25) is 0 Å². The molecule has 1 aliphatic rings. The van der Waals surface area contributed by atoms with E-state index in [4.69, 9.17) is 4.74 Å². The number of rotatable bonds is 2. The van der Waals surface area contributed by atoms with E-state index in [2.05, 4.69) is 5.32 Å². The number of carbonyl (C=O) groups is 1. The summed E-state index contributed by atoms with van der Waals surface area (Å²) >= 11 is 0. The van der Waals surface area contributed by atoms with Crippen molar-refractivity contribution >= 4 is 5.97 Å². The zero-order valence-electron chi connectivity index (χ0n) is 9.13. The zero-order valence-corrected chi connectivity index (χ0v) is 9.13. The predicted molar refractivity (Wildman–Crippen MR) is 57.5 cm³/mol. The van der Waals surface area contributed by atoms with Crippen molar-refractivity contribution in [2.24, 2.45) is 0 Å². The average Bonchev–Trinajstić information content (AvgIpc) is 2.28. The Morgan fingerprint density at radius 3 is 3.19 bits per heavy atom. The summed E-state index contributed by atoms with van der Waals surface area (Å²) in [7, 11) is 0. The quantitative estimate of drug-likeness (QED) is 0.773. The van der Waals surface area contributed by atoms with E-state index in [9.17, 15) is 9.18 Å².